The highest BCUT2D eigenvalue weighted by molar-refractivity contribution is 6.01. The molecule has 0 amide bonds. The summed E-state index contributed by atoms with van der Waals surface area (Å²) in [5.74, 6) is 0. The summed E-state index contributed by atoms with van der Waals surface area (Å²) in [4.78, 5) is 2.64. The van der Waals surface area contributed by atoms with Gasteiger partial charge in [0.1, 0.15) is 0 Å². The Kier molecular flexibility index (Phi) is 6.39. The number of rotatable bonds is 2. The molecule has 7 aromatic rings. The molecule has 1 spiro atoms. The fraction of sp³-hybridized carbons (Fsp3) is 0.0800. The first kappa shape index (κ1) is 29.4. The number of anilines is 3. The highest BCUT2D eigenvalue weighted by Crippen LogP contribution is 2.56. The average Bonchev–Trinajstić information content (AvgIpc) is 3.21. The van der Waals surface area contributed by atoms with Gasteiger partial charge in [0.15, 0.2) is 0 Å². The first-order valence-corrected chi connectivity index (χ1v) is 18.5. The van der Waals surface area contributed by atoms with Crippen LogP contribution in [0.25, 0.3) is 67.1 Å². The third-order valence-corrected chi connectivity index (χ3v) is 11.6. The Hall–Kier alpha value is -6.38. The molecule has 2 bridgehead atoms. The molecular formula is C50H36N2. The molecule has 2 nitrogen and oxygen atoms in total. The van der Waals surface area contributed by atoms with Crippen LogP contribution in [-0.4, -0.2) is 0 Å². The Morgan fingerprint density at radius 1 is 0.538 bits per heavy atom. The van der Waals surface area contributed by atoms with Crippen molar-refractivity contribution in [3.8, 4) is 44.5 Å². The van der Waals surface area contributed by atoms with Crippen LogP contribution in [0, 0.1) is 0 Å². The summed E-state index contributed by atoms with van der Waals surface area (Å²) in [5, 5.41) is 9.11. The number of nitrogens with one attached hydrogen (secondary N) is 1. The fourth-order valence-corrected chi connectivity index (χ4v) is 9.18. The number of hydrogen-bond donors (Lipinski definition) is 1. The second-order valence-corrected chi connectivity index (χ2v) is 14.5. The lowest BCUT2D eigenvalue weighted by atomic mass is 9.72. The van der Waals surface area contributed by atoms with Gasteiger partial charge in [0.2, 0.25) is 0 Å². The van der Waals surface area contributed by atoms with Gasteiger partial charge < -0.3 is 10.2 Å². The number of nitrogens with zero attached hydrogens (tertiary/aromatic N) is 1. The molecule has 1 unspecified atom stereocenters. The number of hydrogen-bond acceptors (Lipinski definition) is 2. The number of fused-ring (bicyclic) bond motifs is 12. The van der Waals surface area contributed by atoms with Crippen molar-refractivity contribution in [2.24, 2.45) is 0 Å². The van der Waals surface area contributed by atoms with Crippen LogP contribution in [0.4, 0.5) is 17.1 Å². The summed E-state index contributed by atoms with van der Waals surface area (Å²) >= 11 is 0. The first-order valence-electron chi connectivity index (χ1n) is 18.5. The molecule has 0 fully saturated rings. The topological polar surface area (TPSA) is 15.3 Å². The van der Waals surface area contributed by atoms with Crippen molar-refractivity contribution >= 4 is 39.6 Å². The molecule has 0 aromatic heterocycles. The van der Waals surface area contributed by atoms with Crippen LogP contribution in [-0.2, 0) is 5.54 Å². The van der Waals surface area contributed by atoms with Crippen LogP contribution in [0.15, 0.2) is 170 Å². The maximum Gasteiger partial charge on any atom is 0.0940 e. The average molecular weight is 665 g/mol. The van der Waals surface area contributed by atoms with E-state index in [2.05, 4.69) is 186 Å². The Morgan fingerprint density at radius 2 is 1.31 bits per heavy atom. The summed E-state index contributed by atoms with van der Waals surface area (Å²) in [6, 6.07) is 54.2. The monoisotopic (exact) mass is 664 g/mol. The van der Waals surface area contributed by atoms with E-state index < -0.39 is 0 Å². The van der Waals surface area contributed by atoms with Crippen molar-refractivity contribution in [2.45, 2.75) is 24.8 Å². The van der Waals surface area contributed by atoms with Crippen LogP contribution in [0.2, 0.25) is 0 Å². The van der Waals surface area contributed by atoms with Crippen molar-refractivity contribution < 1.29 is 0 Å². The predicted molar refractivity (Wildman–Crippen MR) is 219 cm³/mol. The third-order valence-electron chi connectivity index (χ3n) is 11.6. The van der Waals surface area contributed by atoms with Crippen molar-refractivity contribution in [2.75, 3.05) is 10.2 Å². The fourth-order valence-electron chi connectivity index (χ4n) is 9.18. The van der Waals surface area contributed by atoms with Gasteiger partial charge in [0.05, 0.1) is 5.54 Å². The lowest BCUT2D eigenvalue weighted by Gasteiger charge is -2.55. The van der Waals surface area contributed by atoms with E-state index in [9.17, 15) is 0 Å². The van der Waals surface area contributed by atoms with E-state index in [0.717, 1.165) is 30.6 Å². The highest BCUT2D eigenvalue weighted by Gasteiger charge is 2.49. The molecular weight excluding hydrogens is 629 g/mol. The van der Waals surface area contributed by atoms with Gasteiger partial charge in [-0.05, 0) is 111 Å². The standard InChI is InChI=1S/C50H36N2/c1-8-26-50(27-9-1)45-31-37(23-25-49(45)52(50)48-21-11-15-33-12-4-5-19-41(33)48)36-22-24-46-43(29-36)39-17-10-16-38(28-39)40-18-6-7-20-42(40)44-30-34-13-2-3-14-35(34)32-47(44)51-46/h1-10,12-20,22-26,28-32,51H,11,21,27H2. The van der Waals surface area contributed by atoms with E-state index in [1.54, 1.807) is 0 Å². The molecule has 7 aromatic carbocycles. The molecule has 2 aliphatic carbocycles. The van der Waals surface area contributed by atoms with Crippen molar-refractivity contribution in [1.82, 2.24) is 0 Å². The van der Waals surface area contributed by atoms with Crippen LogP contribution in [0.5, 0.6) is 0 Å². The lowest BCUT2D eigenvalue weighted by molar-refractivity contribution is 0.493. The quantitative estimate of drug-likeness (QED) is 0.198. The van der Waals surface area contributed by atoms with Gasteiger partial charge in [-0.1, -0.05) is 134 Å². The molecule has 2 heterocycles. The number of allylic oxidation sites excluding steroid dienone is 2. The summed E-state index contributed by atoms with van der Waals surface area (Å²) < 4.78 is 0. The summed E-state index contributed by atoms with van der Waals surface area (Å²) in [7, 11) is 0. The molecule has 2 heteroatoms. The Morgan fingerprint density at radius 3 is 2.19 bits per heavy atom. The Balaban J connectivity index is 1.07. The maximum absolute atomic E-state index is 3.93. The van der Waals surface area contributed by atoms with Gasteiger partial charge in [-0.25, -0.2) is 0 Å². The van der Waals surface area contributed by atoms with E-state index in [1.165, 1.54) is 82.7 Å². The molecule has 2 aliphatic heterocycles. The summed E-state index contributed by atoms with van der Waals surface area (Å²) in [6.07, 6.45) is 14.7. The first-order chi connectivity index (χ1) is 25.7. The van der Waals surface area contributed by atoms with Crippen LogP contribution >= 0.6 is 0 Å². The normalized spacial score (nSPS) is 17.5. The largest absolute Gasteiger partial charge is 0.354 e. The minimum Gasteiger partial charge on any atom is -0.354 e. The van der Waals surface area contributed by atoms with E-state index in [0.29, 0.717) is 0 Å². The van der Waals surface area contributed by atoms with E-state index in [-0.39, 0.29) is 5.54 Å². The third kappa shape index (κ3) is 4.37. The molecule has 0 saturated heterocycles. The second-order valence-electron chi connectivity index (χ2n) is 14.5. The molecule has 4 aliphatic rings. The van der Waals surface area contributed by atoms with E-state index >= 15 is 0 Å². The van der Waals surface area contributed by atoms with Gasteiger partial charge in [-0.2, -0.15) is 0 Å². The second kappa shape index (κ2) is 11.3. The molecule has 52 heavy (non-hydrogen) atoms. The molecule has 1 N–H and O–H groups in total. The van der Waals surface area contributed by atoms with Crippen LogP contribution in [0.1, 0.15) is 24.8 Å². The Labute approximate surface area is 304 Å². The lowest BCUT2D eigenvalue weighted by Crippen LogP contribution is -2.55. The molecule has 1 atom stereocenters. The van der Waals surface area contributed by atoms with Gasteiger partial charge >= 0.3 is 0 Å². The van der Waals surface area contributed by atoms with Crippen molar-refractivity contribution in [1.29, 1.82) is 0 Å². The van der Waals surface area contributed by atoms with Gasteiger partial charge in [0, 0.05) is 44.7 Å². The molecule has 11 rings (SSSR count). The minimum atomic E-state index is -0.171. The zero-order valence-corrected chi connectivity index (χ0v) is 28.8. The predicted octanol–water partition coefficient (Wildman–Crippen LogP) is 11.5. The maximum atomic E-state index is 3.93. The highest BCUT2D eigenvalue weighted by atomic mass is 15.3. The molecule has 246 valence electrons. The molecule has 0 radical (unpaired) electrons. The minimum absolute atomic E-state index is 0.171. The SMILES string of the molecule is C1=CCC2(C=C1)c1cc(-c3ccc4c(c3)-c3cccc(c3)-c3ccccc3-c3cc5ccccc5cc3N4)ccc1N2C1=c2ccccc2=CCC1. The smallest absolute Gasteiger partial charge is 0.0940 e. The van der Waals surface area contributed by atoms with E-state index in [4.69, 9.17) is 0 Å². The summed E-state index contributed by atoms with van der Waals surface area (Å²) in [5.41, 5.74) is 16.0. The molecule has 0 saturated carbocycles. The van der Waals surface area contributed by atoms with E-state index in [1.807, 2.05) is 0 Å². The summed E-state index contributed by atoms with van der Waals surface area (Å²) in [6.45, 7) is 0. The van der Waals surface area contributed by atoms with Gasteiger partial charge in [-0.15, -0.1) is 0 Å². The zero-order chi connectivity index (χ0) is 34.2. The van der Waals surface area contributed by atoms with Gasteiger partial charge in [0.25, 0.3) is 0 Å². The van der Waals surface area contributed by atoms with Crippen LogP contribution < -0.4 is 20.7 Å². The van der Waals surface area contributed by atoms with Crippen molar-refractivity contribution in [3.63, 3.8) is 0 Å². The zero-order valence-electron chi connectivity index (χ0n) is 28.8. The van der Waals surface area contributed by atoms with Gasteiger partial charge in [-0.3, -0.25) is 0 Å². The Bertz CT molecular complexity index is 2820. The number of benzene rings is 7. The van der Waals surface area contributed by atoms with Crippen LogP contribution in [0.3, 0.4) is 0 Å². The van der Waals surface area contributed by atoms with Crippen molar-refractivity contribution in [3.05, 3.63) is 186 Å².